The van der Waals surface area contributed by atoms with Crippen LogP contribution in [0, 0.1) is 0 Å². The lowest BCUT2D eigenvalue weighted by atomic mass is 10.2. The Morgan fingerprint density at radius 2 is 2.07 bits per heavy atom. The number of nitrogens with zero attached hydrogens (tertiary/aromatic N) is 2. The quantitative estimate of drug-likeness (QED) is 0.700. The number of aryl methyl sites for hydroxylation is 1. The molecule has 156 valence electrons. The first-order valence-corrected chi connectivity index (χ1v) is 12.1. The molecule has 0 saturated heterocycles. The molecule has 0 unspecified atom stereocenters. The zero-order valence-electron chi connectivity index (χ0n) is 15.6. The Kier molecular flexibility index (Phi) is 6.19. The van der Waals surface area contributed by atoms with Crippen molar-refractivity contribution in [2.45, 2.75) is 19.8 Å². The number of anilines is 2. The molecule has 0 aliphatic carbocycles. The number of fused-ring (bicyclic) bond motifs is 1. The van der Waals surface area contributed by atoms with Crippen molar-refractivity contribution in [2.75, 3.05) is 29.0 Å². The van der Waals surface area contributed by atoms with Gasteiger partial charge < -0.3 is 10.1 Å². The Morgan fingerprint density at radius 1 is 1.31 bits per heavy atom. The summed E-state index contributed by atoms with van der Waals surface area (Å²) in [4.78, 5) is 40.5. The van der Waals surface area contributed by atoms with Crippen LogP contribution in [-0.4, -0.2) is 50.7 Å². The number of alkyl carbamates (subject to hydrolysis) is 1. The van der Waals surface area contributed by atoms with Crippen molar-refractivity contribution in [3.63, 3.8) is 0 Å². The fraction of sp³-hybridized carbons (Fsp3) is 0.375. The van der Waals surface area contributed by atoms with Crippen LogP contribution in [0.15, 0.2) is 11.4 Å². The smallest absolute Gasteiger partial charge is 0.414 e. The number of carbonyl (C=O) groups excluding carboxylic acids is 3. The van der Waals surface area contributed by atoms with Crippen LogP contribution in [0.3, 0.4) is 0 Å². The topological polar surface area (TPSA) is 135 Å². The van der Waals surface area contributed by atoms with E-state index < -0.39 is 27.9 Å². The van der Waals surface area contributed by atoms with Crippen LogP contribution >= 0.6 is 22.7 Å². The molecule has 2 N–H and O–H groups in total. The molecular formula is C16H18N4O6S3. The fourth-order valence-corrected chi connectivity index (χ4v) is 5.78. The number of nitrogens with one attached hydrogen (secondary N) is 2. The van der Waals surface area contributed by atoms with Gasteiger partial charge in [-0.25, -0.2) is 18.2 Å². The fourth-order valence-electron chi connectivity index (χ4n) is 2.68. The van der Waals surface area contributed by atoms with E-state index in [1.54, 1.807) is 12.3 Å². The minimum absolute atomic E-state index is 0.0932. The van der Waals surface area contributed by atoms with Crippen molar-refractivity contribution < 1.29 is 27.5 Å². The van der Waals surface area contributed by atoms with Gasteiger partial charge in [-0.2, -0.15) is 0 Å². The van der Waals surface area contributed by atoms with Gasteiger partial charge in [0.25, 0.3) is 11.8 Å². The highest BCUT2D eigenvalue weighted by atomic mass is 32.2. The van der Waals surface area contributed by atoms with Crippen LogP contribution < -0.4 is 14.9 Å². The SMILES string of the molecule is CCOC(=O)NC(=O)c1ccsc1NC(=O)c1nc2c(s1)N(S(C)(=O)=O)CCC2. The highest BCUT2D eigenvalue weighted by molar-refractivity contribution is 7.92. The summed E-state index contributed by atoms with van der Waals surface area (Å²) in [5, 5.41) is 7.04. The molecule has 3 heterocycles. The summed E-state index contributed by atoms with van der Waals surface area (Å²) in [6.45, 7) is 2.07. The number of imide groups is 1. The van der Waals surface area contributed by atoms with Gasteiger partial charge in [-0.05, 0) is 31.2 Å². The predicted molar refractivity (Wildman–Crippen MR) is 109 cm³/mol. The van der Waals surface area contributed by atoms with E-state index in [9.17, 15) is 22.8 Å². The van der Waals surface area contributed by atoms with Crippen molar-refractivity contribution >= 4 is 60.6 Å². The Hall–Kier alpha value is -2.51. The third kappa shape index (κ3) is 4.74. The van der Waals surface area contributed by atoms with E-state index in [0.717, 1.165) is 28.9 Å². The Balaban J connectivity index is 1.78. The summed E-state index contributed by atoms with van der Waals surface area (Å²) >= 11 is 2.09. The molecule has 0 bridgehead atoms. The molecular weight excluding hydrogens is 440 g/mol. The van der Waals surface area contributed by atoms with Gasteiger partial charge in [0.05, 0.1) is 24.1 Å². The molecule has 0 spiro atoms. The van der Waals surface area contributed by atoms with Crippen LogP contribution in [0.2, 0.25) is 0 Å². The number of hydrogen-bond acceptors (Lipinski definition) is 9. The number of thiophene rings is 1. The molecule has 0 fully saturated rings. The molecule has 10 nitrogen and oxygen atoms in total. The Morgan fingerprint density at radius 3 is 2.76 bits per heavy atom. The van der Waals surface area contributed by atoms with Gasteiger partial charge in [-0.15, -0.1) is 11.3 Å². The first kappa shape index (κ1) is 21.2. The normalized spacial score (nSPS) is 13.5. The van der Waals surface area contributed by atoms with Gasteiger partial charge in [0.2, 0.25) is 10.0 Å². The second-order valence-electron chi connectivity index (χ2n) is 6.00. The summed E-state index contributed by atoms with van der Waals surface area (Å²) in [5.41, 5.74) is 0.666. The molecule has 0 saturated carbocycles. The molecule has 3 amide bonds. The number of amides is 3. The lowest BCUT2D eigenvalue weighted by Gasteiger charge is -2.24. The van der Waals surface area contributed by atoms with E-state index in [1.165, 1.54) is 10.4 Å². The third-order valence-electron chi connectivity index (χ3n) is 3.90. The standard InChI is InChI=1S/C16H18N4O6S3/c1-3-26-16(23)19-11(21)9-6-8-27-13(9)18-12(22)14-17-10-5-4-7-20(15(10)28-14)29(2,24)25/h6,8H,3-5,7H2,1-2H3,(H,18,22)(H,19,21,23). The summed E-state index contributed by atoms with van der Waals surface area (Å²) in [6, 6.07) is 1.47. The maximum Gasteiger partial charge on any atom is 0.414 e. The average Bonchev–Trinajstić information content (AvgIpc) is 3.27. The monoisotopic (exact) mass is 458 g/mol. The van der Waals surface area contributed by atoms with Crippen molar-refractivity contribution in [1.29, 1.82) is 0 Å². The molecule has 29 heavy (non-hydrogen) atoms. The lowest BCUT2D eigenvalue weighted by Crippen LogP contribution is -2.33. The number of thiazole rings is 1. The van der Waals surface area contributed by atoms with Gasteiger partial charge >= 0.3 is 6.09 Å². The summed E-state index contributed by atoms with van der Waals surface area (Å²) in [7, 11) is -3.46. The van der Waals surface area contributed by atoms with E-state index in [2.05, 4.69) is 20.4 Å². The van der Waals surface area contributed by atoms with Gasteiger partial charge in [0.15, 0.2) is 5.01 Å². The predicted octanol–water partition coefficient (Wildman–Crippen LogP) is 2.06. The second-order valence-corrected chi connectivity index (χ2v) is 9.80. The van der Waals surface area contributed by atoms with Crippen molar-refractivity contribution in [3.8, 4) is 0 Å². The maximum atomic E-state index is 12.6. The van der Waals surface area contributed by atoms with E-state index >= 15 is 0 Å². The number of rotatable bonds is 5. The molecule has 2 aromatic rings. The van der Waals surface area contributed by atoms with Crippen molar-refractivity contribution in [3.05, 3.63) is 27.7 Å². The molecule has 1 aliphatic heterocycles. The molecule has 0 aromatic carbocycles. The van der Waals surface area contributed by atoms with Crippen molar-refractivity contribution in [2.24, 2.45) is 0 Å². The highest BCUT2D eigenvalue weighted by Crippen LogP contribution is 2.35. The zero-order chi connectivity index (χ0) is 21.2. The molecule has 0 atom stereocenters. The van der Waals surface area contributed by atoms with Crippen LogP contribution in [0.25, 0.3) is 0 Å². The first-order valence-electron chi connectivity index (χ1n) is 8.55. The summed E-state index contributed by atoms with van der Waals surface area (Å²) < 4.78 is 29.8. The molecule has 1 aliphatic rings. The van der Waals surface area contributed by atoms with E-state index in [1.807, 2.05) is 0 Å². The molecule has 0 radical (unpaired) electrons. The van der Waals surface area contributed by atoms with E-state index in [-0.39, 0.29) is 22.2 Å². The molecule has 13 heteroatoms. The van der Waals surface area contributed by atoms with Gasteiger partial charge in [-0.3, -0.25) is 19.2 Å². The minimum Gasteiger partial charge on any atom is -0.450 e. The second kappa shape index (κ2) is 8.47. The largest absolute Gasteiger partial charge is 0.450 e. The zero-order valence-corrected chi connectivity index (χ0v) is 18.0. The lowest BCUT2D eigenvalue weighted by molar-refractivity contribution is 0.0926. The highest BCUT2D eigenvalue weighted by Gasteiger charge is 2.29. The summed E-state index contributed by atoms with van der Waals surface area (Å²) in [6.07, 6.45) is 1.43. The number of carbonyl (C=O) groups is 3. The van der Waals surface area contributed by atoms with Crippen LogP contribution in [0.4, 0.5) is 14.8 Å². The van der Waals surface area contributed by atoms with Gasteiger partial charge in [0, 0.05) is 6.54 Å². The minimum atomic E-state index is -3.46. The Bertz CT molecular complexity index is 1060. The molecule has 3 rings (SSSR count). The maximum absolute atomic E-state index is 12.6. The number of sulfonamides is 1. The van der Waals surface area contributed by atoms with Gasteiger partial charge in [0.1, 0.15) is 10.0 Å². The molecule has 2 aromatic heterocycles. The summed E-state index contributed by atoms with van der Waals surface area (Å²) in [5.74, 6) is -1.27. The van der Waals surface area contributed by atoms with Crippen LogP contribution in [0.1, 0.15) is 39.2 Å². The van der Waals surface area contributed by atoms with E-state index in [0.29, 0.717) is 30.1 Å². The Labute approximate surface area is 174 Å². The third-order valence-corrected chi connectivity index (χ3v) is 7.13. The average molecular weight is 459 g/mol. The van der Waals surface area contributed by atoms with E-state index in [4.69, 9.17) is 0 Å². The number of ether oxygens (including phenoxy) is 1. The number of aromatic nitrogens is 1. The van der Waals surface area contributed by atoms with Crippen LogP contribution in [0.5, 0.6) is 0 Å². The first-order chi connectivity index (χ1) is 13.7. The van der Waals surface area contributed by atoms with Gasteiger partial charge in [-0.1, -0.05) is 11.3 Å². The van der Waals surface area contributed by atoms with Crippen LogP contribution in [-0.2, 0) is 21.2 Å². The van der Waals surface area contributed by atoms with Crippen molar-refractivity contribution in [1.82, 2.24) is 10.3 Å². The number of hydrogen-bond donors (Lipinski definition) is 2.